The van der Waals surface area contributed by atoms with E-state index in [4.69, 9.17) is 15.6 Å². The minimum Gasteiger partial charge on any atom is -0.475 e. The van der Waals surface area contributed by atoms with Crippen molar-refractivity contribution in [3.8, 4) is 0 Å². The summed E-state index contributed by atoms with van der Waals surface area (Å²) in [7, 11) is 0. The molecule has 2 amide bonds. The van der Waals surface area contributed by atoms with Crippen LogP contribution in [0.2, 0.25) is 0 Å². The Morgan fingerprint density at radius 3 is 2.33 bits per heavy atom. The fraction of sp³-hybridized carbons (Fsp3) is 0.500. The third-order valence-electron chi connectivity index (χ3n) is 3.31. The van der Waals surface area contributed by atoms with Crippen LogP contribution in [0.4, 0.5) is 18.0 Å². The van der Waals surface area contributed by atoms with Gasteiger partial charge in [-0.05, 0) is 6.42 Å². The summed E-state index contributed by atoms with van der Waals surface area (Å²) in [6.07, 6.45) is -3.91. The molecule has 1 aromatic heterocycles. The number of nitrogens with zero attached hydrogens (tertiary/aromatic N) is 2. The lowest BCUT2D eigenvalue weighted by atomic mass is 9.94. The van der Waals surface area contributed by atoms with Crippen molar-refractivity contribution < 1.29 is 37.8 Å². The summed E-state index contributed by atoms with van der Waals surface area (Å²) >= 11 is 0. The van der Waals surface area contributed by atoms with Gasteiger partial charge in [-0.25, -0.2) is 14.6 Å². The minimum atomic E-state index is -5.08. The van der Waals surface area contributed by atoms with E-state index in [1.807, 2.05) is 6.92 Å². The Labute approximate surface area is 133 Å². The summed E-state index contributed by atoms with van der Waals surface area (Å²) in [5, 5.41) is 16.3. The molecule has 0 bridgehead atoms. The van der Waals surface area contributed by atoms with Crippen molar-refractivity contribution in [3.63, 3.8) is 0 Å². The number of imidazole rings is 1. The highest BCUT2D eigenvalue weighted by Crippen LogP contribution is 2.33. The third kappa shape index (κ3) is 4.14. The maximum absolute atomic E-state index is 11.3. The Morgan fingerprint density at radius 1 is 1.42 bits per heavy atom. The van der Waals surface area contributed by atoms with Crippen molar-refractivity contribution >= 4 is 18.0 Å². The zero-order valence-corrected chi connectivity index (χ0v) is 12.4. The highest BCUT2D eigenvalue weighted by atomic mass is 19.4. The summed E-state index contributed by atoms with van der Waals surface area (Å²) in [5.74, 6) is -3.39. The first-order chi connectivity index (χ1) is 11.0. The number of amides is 2. The Balaban J connectivity index is 0.000000351. The monoisotopic (exact) mass is 352 g/mol. The minimum absolute atomic E-state index is 0.257. The van der Waals surface area contributed by atoms with E-state index in [1.165, 1.54) is 6.33 Å². The Bertz CT molecular complexity index is 630. The van der Waals surface area contributed by atoms with Crippen molar-refractivity contribution in [3.05, 3.63) is 17.7 Å². The van der Waals surface area contributed by atoms with Gasteiger partial charge in [-0.1, -0.05) is 6.92 Å². The molecule has 1 aliphatic rings. The molecule has 2 atom stereocenters. The summed E-state index contributed by atoms with van der Waals surface area (Å²) in [4.78, 5) is 39.6. The molecule has 12 heteroatoms. The number of halogens is 3. The van der Waals surface area contributed by atoms with Gasteiger partial charge in [0.15, 0.2) is 0 Å². The average molecular weight is 352 g/mol. The van der Waals surface area contributed by atoms with Gasteiger partial charge in [-0.15, -0.1) is 0 Å². The molecule has 0 aromatic carbocycles. The molecule has 9 nitrogen and oxygen atoms in total. The molecule has 134 valence electrons. The molecular formula is C12H15F3N4O5. The molecule has 2 heterocycles. The number of aliphatic carboxylic acids is 1. The van der Waals surface area contributed by atoms with Crippen molar-refractivity contribution in [2.45, 2.75) is 38.0 Å². The molecule has 0 saturated heterocycles. The van der Waals surface area contributed by atoms with Crippen molar-refractivity contribution in [1.82, 2.24) is 14.9 Å². The lowest BCUT2D eigenvalue weighted by Gasteiger charge is -2.37. The molecule has 0 unspecified atom stereocenters. The maximum Gasteiger partial charge on any atom is 0.490 e. The number of rotatable bonds is 2. The van der Waals surface area contributed by atoms with Crippen molar-refractivity contribution in [2.24, 2.45) is 5.73 Å². The molecule has 0 fully saturated rings. The molecule has 0 spiro atoms. The van der Waals surface area contributed by atoms with Gasteiger partial charge < -0.3 is 20.9 Å². The van der Waals surface area contributed by atoms with Crippen LogP contribution in [0, 0.1) is 0 Å². The number of primary amides is 1. The second-order valence-corrected chi connectivity index (χ2v) is 4.81. The number of carboxylic acid groups (broad SMARTS) is 2. The number of fused-ring (bicyclic) bond motifs is 1. The topological polar surface area (TPSA) is 150 Å². The second-order valence-electron chi connectivity index (χ2n) is 4.81. The van der Waals surface area contributed by atoms with Crippen LogP contribution in [0.5, 0.6) is 0 Å². The number of aromatic nitrogens is 2. The van der Waals surface area contributed by atoms with E-state index in [1.54, 1.807) is 0 Å². The quantitative estimate of drug-likeness (QED) is 0.621. The maximum atomic E-state index is 11.3. The number of hydrogen-bond donors (Lipinski definition) is 4. The molecule has 1 aliphatic heterocycles. The number of carbonyl (C=O) groups is 3. The van der Waals surface area contributed by atoms with Gasteiger partial charge in [0.2, 0.25) is 5.91 Å². The number of carboxylic acids is 1. The standard InChI is InChI=1S/C10H14N4O3.C2HF3O2/c1-2-6-8-5(12-4-13-8)3-7(9(11)15)14(6)10(16)17;3-2(4,5)1(6)7/h4,6-7H,2-3H2,1H3,(H2,11,15)(H,12,13)(H,16,17);(H,6,7)/t6-,7-;/m0./s1. The molecule has 2 rings (SSSR count). The largest absolute Gasteiger partial charge is 0.490 e. The lowest BCUT2D eigenvalue weighted by Crippen LogP contribution is -2.52. The summed E-state index contributed by atoms with van der Waals surface area (Å²) in [6, 6.07) is -1.25. The van der Waals surface area contributed by atoms with Crippen LogP contribution < -0.4 is 5.73 Å². The number of hydrogen-bond acceptors (Lipinski definition) is 4. The predicted molar refractivity (Wildman–Crippen MR) is 71.9 cm³/mol. The van der Waals surface area contributed by atoms with E-state index >= 15 is 0 Å². The Morgan fingerprint density at radius 2 is 1.96 bits per heavy atom. The van der Waals surface area contributed by atoms with E-state index < -0.39 is 36.2 Å². The molecular weight excluding hydrogens is 337 g/mol. The van der Waals surface area contributed by atoms with Gasteiger partial charge in [0.25, 0.3) is 0 Å². The zero-order chi connectivity index (χ0) is 18.7. The number of aromatic amines is 1. The second kappa shape index (κ2) is 7.19. The van der Waals surface area contributed by atoms with Gasteiger partial charge in [0, 0.05) is 12.1 Å². The highest BCUT2D eigenvalue weighted by molar-refractivity contribution is 5.85. The Hall–Kier alpha value is -2.79. The van der Waals surface area contributed by atoms with E-state index in [9.17, 15) is 27.9 Å². The summed E-state index contributed by atoms with van der Waals surface area (Å²) in [5.41, 5.74) is 6.74. The number of alkyl halides is 3. The van der Waals surface area contributed by atoms with Crippen LogP contribution >= 0.6 is 0 Å². The van der Waals surface area contributed by atoms with Gasteiger partial charge in [0.1, 0.15) is 6.04 Å². The van der Waals surface area contributed by atoms with Crippen molar-refractivity contribution in [2.75, 3.05) is 0 Å². The molecule has 0 radical (unpaired) electrons. The van der Waals surface area contributed by atoms with Crippen LogP contribution in [0.3, 0.4) is 0 Å². The first-order valence-electron chi connectivity index (χ1n) is 6.63. The molecule has 5 N–H and O–H groups in total. The van der Waals surface area contributed by atoms with Crippen molar-refractivity contribution in [1.29, 1.82) is 0 Å². The molecule has 1 aromatic rings. The van der Waals surface area contributed by atoms with Crippen LogP contribution in [-0.2, 0) is 16.0 Å². The number of carbonyl (C=O) groups excluding carboxylic acids is 1. The normalized spacial score (nSPS) is 19.8. The van der Waals surface area contributed by atoms with Gasteiger partial charge >= 0.3 is 18.2 Å². The number of nitrogens with one attached hydrogen (secondary N) is 1. The van der Waals surface area contributed by atoms with E-state index in [2.05, 4.69) is 9.97 Å². The highest BCUT2D eigenvalue weighted by Gasteiger charge is 2.41. The van der Waals surface area contributed by atoms with E-state index in [0.717, 1.165) is 10.6 Å². The fourth-order valence-corrected chi connectivity index (χ4v) is 2.32. The van der Waals surface area contributed by atoms with Gasteiger partial charge in [0.05, 0.1) is 18.1 Å². The molecule has 0 saturated carbocycles. The zero-order valence-electron chi connectivity index (χ0n) is 12.4. The van der Waals surface area contributed by atoms with Crippen LogP contribution in [0.25, 0.3) is 0 Å². The predicted octanol–water partition coefficient (Wildman–Crippen LogP) is 0.884. The van der Waals surface area contributed by atoms with E-state index in [0.29, 0.717) is 12.1 Å². The summed E-state index contributed by atoms with van der Waals surface area (Å²) < 4.78 is 31.7. The molecule has 0 aliphatic carbocycles. The number of nitrogens with two attached hydrogens (primary N) is 1. The average Bonchev–Trinajstić information content (AvgIpc) is 2.92. The third-order valence-corrected chi connectivity index (χ3v) is 3.31. The van der Waals surface area contributed by atoms with Gasteiger partial charge in [-0.3, -0.25) is 9.69 Å². The fourth-order valence-electron chi connectivity index (χ4n) is 2.32. The summed E-state index contributed by atoms with van der Waals surface area (Å²) in [6.45, 7) is 1.85. The lowest BCUT2D eigenvalue weighted by molar-refractivity contribution is -0.192. The van der Waals surface area contributed by atoms with Gasteiger partial charge in [-0.2, -0.15) is 13.2 Å². The molecule has 24 heavy (non-hydrogen) atoms. The van der Waals surface area contributed by atoms with Crippen LogP contribution in [-0.4, -0.2) is 55.3 Å². The van der Waals surface area contributed by atoms with Crippen LogP contribution in [0.15, 0.2) is 6.33 Å². The van der Waals surface area contributed by atoms with E-state index in [-0.39, 0.29) is 6.42 Å². The van der Waals surface area contributed by atoms with Crippen LogP contribution in [0.1, 0.15) is 30.8 Å². The number of H-pyrrole nitrogens is 1. The smallest absolute Gasteiger partial charge is 0.475 e. The Kier molecular flexibility index (Phi) is 5.77. The first kappa shape index (κ1) is 19.3. The first-order valence-corrected chi connectivity index (χ1v) is 6.63. The SMILES string of the molecule is CC[C@H]1c2nc[nH]c2C[C@@H](C(N)=O)N1C(=O)O.O=C(O)C(F)(F)F.